The van der Waals surface area contributed by atoms with E-state index in [1.807, 2.05) is 0 Å². The summed E-state index contributed by atoms with van der Waals surface area (Å²) in [6.07, 6.45) is 3.07. The van der Waals surface area contributed by atoms with Gasteiger partial charge in [0.2, 0.25) is 0 Å². The summed E-state index contributed by atoms with van der Waals surface area (Å²) in [4.78, 5) is 35.3. The number of aromatic nitrogens is 2. The average Bonchev–Trinajstić information content (AvgIpc) is 2.39. The third-order valence-corrected chi connectivity index (χ3v) is 3.51. The van der Waals surface area contributed by atoms with Gasteiger partial charge < -0.3 is 10.6 Å². The van der Waals surface area contributed by atoms with E-state index in [9.17, 15) is 14.4 Å². The maximum atomic E-state index is 11.8. The minimum Gasteiger partial charge on any atom is -0.335 e. The summed E-state index contributed by atoms with van der Waals surface area (Å²) in [7, 11) is 0. The highest BCUT2D eigenvalue weighted by Crippen LogP contribution is 2.19. The molecule has 1 aromatic carbocycles. The number of hydrogen-bond acceptors (Lipinski definition) is 3. The van der Waals surface area contributed by atoms with Crippen LogP contribution in [0.3, 0.4) is 0 Å². The Morgan fingerprint density at radius 3 is 2.60 bits per heavy atom. The van der Waals surface area contributed by atoms with Crippen molar-refractivity contribution in [1.82, 2.24) is 15.5 Å². The first-order valence-electron chi connectivity index (χ1n) is 6.46. The van der Waals surface area contributed by atoms with Crippen LogP contribution in [0.4, 0.5) is 10.5 Å². The minimum absolute atomic E-state index is 0.181. The molecule has 0 radical (unpaired) electrons. The number of H-pyrrole nitrogens is 2. The molecule has 1 aliphatic rings. The van der Waals surface area contributed by atoms with Gasteiger partial charge in [-0.2, -0.15) is 0 Å². The number of carbonyl (C=O) groups is 1. The molecule has 0 saturated heterocycles. The Hall–Kier alpha value is -2.57. The van der Waals surface area contributed by atoms with Crippen molar-refractivity contribution in [2.24, 2.45) is 0 Å². The Kier molecular flexibility index (Phi) is 3.02. The van der Waals surface area contributed by atoms with Crippen molar-refractivity contribution < 1.29 is 4.79 Å². The SMILES string of the molecule is O=C(Nc1cccc2c(=O)[nH][nH]c(=O)c12)NC1CCC1. The lowest BCUT2D eigenvalue weighted by molar-refractivity contribution is 0.240. The Labute approximate surface area is 113 Å². The van der Waals surface area contributed by atoms with Crippen LogP contribution in [-0.2, 0) is 0 Å². The monoisotopic (exact) mass is 274 g/mol. The molecule has 7 heteroatoms. The van der Waals surface area contributed by atoms with Crippen molar-refractivity contribution in [1.29, 1.82) is 0 Å². The molecule has 3 rings (SSSR count). The number of benzene rings is 1. The number of hydrogen-bond donors (Lipinski definition) is 4. The summed E-state index contributed by atoms with van der Waals surface area (Å²) in [6.45, 7) is 0. The molecule has 0 atom stereocenters. The zero-order valence-electron chi connectivity index (χ0n) is 10.7. The van der Waals surface area contributed by atoms with Crippen molar-refractivity contribution in [3.05, 3.63) is 38.9 Å². The number of fused-ring (bicyclic) bond motifs is 1. The molecule has 1 fully saturated rings. The fourth-order valence-electron chi connectivity index (χ4n) is 2.23. The zero-order valence-corrected chi connectivity index (χ0v) is 10.7. The Bertz CT molecular complexity index is 773. The Balaban J connectivity index is 1.95. The molecule has 7 nitrogen and oxygen atoms in total. The first-order chi connectivity index (χ1) is 9.65. The topological polar surface area (TPSA) is 107 Å². The molecule has 0 aliphatic heterocycles. The van der Waals surface area contributed by atoms with E-state index in [4.69, 9.17) is 0 Å². The molecule has 1 aliphatic carbocycles. The number of rotatable bonds is 2. The van der Waals surface area contributed by atoms with Gasteiger partial charge >= 0.3 is 6.03 Å². The van der Waals surface area contributed by atoms with Gasteiger partial charge in [0.1, 0.15) is 0 Å². The van der Waals surface area contributed by atoms with Gasteiger partial charge in [0.25, 0.3) is 11.1 Å². The number of nitrogens with one attached hydrogen (secondary N) is 4. The predicted octanol–water partition coefficient (Wildman–Crippen LogP) is 0.890. The van der Waals surface area contributed by atoms with E-state index in [1.165, 1.54) is 0 Å². The molecule has 0 unspecified atom stereocenters. The van der Waals surface area contributed by atoms with Gasteiger partial charge in [0.15, 0.2) is 0 Å². The van der Waals surface area contributed by atoms with E-state index >= 15 is 0 Å². The number of aromatic amines is 2. The van der Waals surface area contributed by atoms with Gasteiger partial charge in [0.05, 0.1) is 16.5 Å². The minimum atomic E-state index is -0.445. The fraction of sp³-hybridized carbons (Fsp3) is 0.308. The van der Waals surface area contributed by atoms with E-state index in [0.717, 1.165) is 19.3 Å². The molecule has 104 valence electrons. The third-order valence-electron chi connectivity index (χ3n) is 3.51. The third kappa shape index (κ3) is 2.18. The second kappa shape index (κ2) is 4.84. The molecule has 1 saturated carbocycles. The molecule has 0 bridgehead atoms. The zero-order chi connectivity index (χ0) is 14.1. The molecule has 2 amide bonds. The highest BCUT2D eigenvalue weighted by molar-refractivity contribution is 6.00. The lowest BCUT2D eigenvalue weighted by Crippen LogP contribution is -2.42. The van der Waals surface area contributed by atoms with Crippen LogP contribution in [-0.4, -0.2) is 22.3 Å². The normalized spacial score (nSPS) is 14.8. The maximum absolute atomic E-state index is 11.8. The molecule has 1 aromatic heterocycles. The van der Waals surface area contributed by atoms with Crippen LogP contribution >= 0.6 is 0 Å². The first kappa shape index (κ1) is 12.5. The van der Waals surface area contributed by atoms with Crippen LogP contribution in [0, 0.1) is 0 Å². The van der Waals surface area contributed by atoms with Gasteiger partial charge in [0, 0.05) is 6.04 Å². The summed E-state index contributed by atoms with van der Waals surface area (Å²) in [6, 6.07) is 4.60. The van der Waals surface area contributed by atoms with Crippen molar-refractivity contribution in [2.75, 3.05) is 5.32 Å². The van der Waals surface area contributed by atoms with Crippen molar-refractivity contribution in [3.8, 4) is 0 Å². The van der Waals surface area contributed by atoms with Gasteiger partial charge in [-0.1, -0.05) is 6.07 Å². The van der Waals surface area contributed by atoms with E-state index in [2.05, 4.69) is 20.8 Å². The quantitative estimate of drug-likeness (QED) is 0.653. The smallest absolute Gasteiger partial charge is 0.319 e. The van der Waals surface area contributed by atoms with Crippen molar-refractivity contribution >= 4 is 22.5 Å². The first-order valence-corrected chi connectivity index (χ1v) is 6.46. The van der Waals surface area contributed by atoms with Crippen molar-refractivity contribution in [3.63, 3.8) is 0 Å². The second-order valence-corrected chi connectivity index (χ2v) is 4.86. The molecule has 20 heavy (non-hydrogen) atoms. The molecule has 4 N–H and O–H groups in total. The lowest BCUT2D eigenvalue weighted by Gasteiger charge is -2.26. The van der Waals surface area contributed by atoms with E-state index in [0.29, 0.717) is 5.69 Å². The summed E-state index contributed by atoms with van der Waals surface area (Å²) < 4.78 is 0. The summed E-state index contributed by atoms with van der Waals surface area (Å²) in [5.41, 5.74) is -0.520. The van der Waals surface area contributed by atoms with Crippen LogP contribution < -0.4 is 21.8 Å². The van der Waals surface area contributed by atoms with Gasteiger partial charge in [-0.15, -0.1) is 0 Å². The summed E-state index contributed by atoms with van der Waals surface area (Å²) >= 11 is 0. The van der Waals surface area contributed by atoms with E-state index in [-0.39, 0.29) is 22.8 Å². The van der Waals surface area contributed by atoms with Crippen LogP contribution in [0.1, 0.15) is 19.3 Å². The average molecular weight is 274 g/mol. The van der Waals surface area contributed by atoms with Gasteiger partial charge in [-0.25, -0.2) is 4.79 Å². The number of amides is 2. The molecule has 2 aromatic rings. The Morgan fingerprint density at radius 2 is 1.90 bits per heavy atom. The van der Waals surface area contributed by atoms with E-state index in [1.54, 1.807) is 18.2 Å². The number of urea groups is 1. The van der Waals surface area contributed by atoms with E-state index < -0.39 is 11.1 Å². The van der Waals surface area contributed by atoms with Crippen LogP contribution in [0.15, 0.2) is 27.8 Å². The maximum Gasteiger partial charge on any atom is 0.319 e. The predicted molar refractivity (Wildman–Crippen MR) is 75.0 cm³/mol. The lowest BCUT2D eigenvalue weighted by atomic mass is 9.93. The van der Waals surface area contributed by atoms with Gasteiger partial charge in [-0.3, -0.25) is 19.8 Å². The molecular formula is C13H14N4O3. The summed E-state index contributed by atoms with van der Waals surface area (Å²) in [5, 5.41) is 10.4. The Morgan fingerprint density at radius 1 is 1.15 bits per heavy atom. The van der Waals surface area contributed by atoms with Crippen LogP contribution in [0.5, 0.6) is 0 Å². The highest BCUT2D eigenvalue weighted by atomic mass is 16.2. The number of carbonyl (C=O) groups excluding carboxylic acids is 1. The second-order valence-electron chi connectivity index (χ2n) is 4.86. The standard InChI is InChI=1S/C13H14N4O3/c18-11-8-5-2-6-9(10(8)12(19)17-16-11)15-13(20)14-7-3-1-4-7/h2,5-7H,1,3-4H2,(H,16,18)(H,17,19)(H2,14,15,20). The van der Waals surface area contributed by atoms with Crippen LogP contribution in [0.2, 0.25) is 0 Å². The van der Waals surface area contributed by atoms with Crippen LogP contribution in [0.25, 0.3) is 10.8 Å². The van der Waals surface area contributed by atoms with Gasteiger partial charge in [-0.05, 0) is 31.4 Å². The largest absolute Gasteiger partial charge is 0.335 e. The van der Waals surface area contributed by atoms with Crippen molar-refractivity contribution in [2.45, 2.75) is 25.3 Å². The molecular weight excluding hydrogens is 260 g/mol. The molecule has 1 heterocycles. The number of anilines is 1. The summed E-state index contributed by atoms with van der Waals surface area (Å²) in [5.74, 6) is 0. The highest BCUT2D eigenvalue weighted by Gasteiger charge is 2.20. The molecule has 0 spiro atoms. The fourth-order valence-corrected chi connectivity index (χ4v) is 2.23.